The predicted molar refractivity (Wildman–Crippen MR) is 83.4 cm³/mol. The van der Waals surface area contributed by atoms with Crippen LogP contribution in [0.1, 0.15) is 23.3 Å². The maximum absolute atomic E-state index is 13.1. The second-order valence-electron chi connectivity index (χ2n) is 5.79. The van der Waals surface area contributed by atoms with Crippen LogP contribution in [0.25, 0.3) is 16.9 Å². The molecule has 0 saturated heterocycles. The van der Waals surface area contributed by atoms with E-state index in [1.165, 1.54) is 25.0 Å². The summed E-state index contributed by atoms with van der Waals surface area (Å²) in [7, 11) is 0. The quantitative estimate of drug-likeness (QED) is 0.806. The van der Waals surface area contributed by atoms with Gasteiger partial charge in [0.25, 0.3) is 5.91 Å². The number of benzene rings is 1. The first-order valence-corrected chi connectivity index (χ1v) is 7.58. The van der Waals surface area contributed by atoms with Crippen LogP contribution in [0, 0.1) is 11.7 Å². The number of halogens is 1. The molecule has 1 aromatic carbocycles. The molecule has 116 valence electrons. The number of imidazole rings is 1. The average Bonchev–Trinajstić information content (AvgIpc) is 3.29. The molecular formula is C17H15FN4O. The van der Waals surface area contributed by atoms with E-state index in [2.05, 4.69) is 15.3 Å². The van der Waals surface area contributed by atoms with Crippen molar-refractivity contribution in [2.75, 3.05) is 6.54 Å². The van der Waals surface area contributed by atoms with E-state index < -0.39 is 0 Å². The molecule has 6 heteroatoms. The Balaban J connectivity index is 1.69. The third kappa shape index (κ3) is 2.79. The van der Waals surface area contributed by atoms with E-state index in [1.54, 1.807) is 35.1 Å². The Bertz CT molecular complexity index is 868. The Morgan fingerprint density at radius 1 is 1.30 bits per heavy atom. The number of nitrogens with zero attached hydrogens (tertiary/aromatic N) is 3. The van der Waals surface area contributed by atoms with Gasteiger partial charge < -0.3 is 9.72 Å². The lowest BCUT2D eigenvalue weighted by Gasteiger charge is -2.02. The molecule has 4 rings (SSSR count). The van der Waals surface area contributed by atoms with Crippen molar-refractivity contribution < 1.29 is 9.18 Å². The molecule has 0 radical (unpaired) electrons. The van der Waals surface area contributed by atoms with Gasteiger partial charge in [-0.3, -0.25) is 9.78 Å². The lowest BCUT2D eigenvalue weighted by atomic mass is 10.1. The van der Waals surface area contributed by atoms with E-state index in [9.17, 15) is 9.18 Å². The van der Waals surface area contributed by atoms with Gasteiger partial charge in [-0.2, -0.15) is 0 Å². The largest absolute Gasteiger partial charge is 0.350 e. The molecule has 1 aliphatic rings. The summed E-state index contributed by atoms with van der Waals surface area (Å²) in [5.74, 6) is 0.141. The van der Waals surface area contributed by atoms with Crippen LogP contribution >= 0.6 is 0 Å². The number of aromatic nitrogens is 3. The Labute approximate surface area is 132 Å². The molecule has 0 spiro atoms. The molecule has 23 heavy (non-hydrogen) atoms. The van der Waals surface area contributed by atoms with Crippen LogP contribution in [0.2, 0.25) is 0 Å². The number of fused-ring (bicyclic) bond motifs is 1. The van der Waals surface area contributed by atoms with Crippen molar-refractivity contribution in [2.45, 2.75) is 12.8 Å². The topological polar surface area (TPSA) is 59.3 Å². The van der Waals surface area contributed by atoms with Crippen LogP contribution in [0.4, 0.5) is 4.39 Å². The first-order chi connectivity index (χ1) is 11.2. The third-order valence-corrected chi connectivity index (χ3v) is 3.97. The number of hydrogen-bond donors (Lipinski definition) is 1. The predicted octanol–water partition coefficient (Wildman–Crippen LogP) is 2.68. The Kier molecular flexibility index (Phi) is 3.29. The van der Waals surface area contributed by atoms with Crippen molar-refractivity contribution in [3.05, 3.63) is 54.4 Å². The third-order valence-electron chi connectivity index (χ3n) is 3.97. The van der Waals surface area contributed by atoms with E-state index in [0.29, 0.717) is 29.5 Å². The SMILES string of the molecule is O=C(NCC1CC1)c1cn2ccnc(-c3ccc(F)cc3)c2n1. The number of amides is 1. The molecule has 3 aromatic rings. The highest BCUT2D eigenvalue weighted by molar-refractivity contribution is 5.93. The number of nitrogens with one attached hydrogen (secondary N) is 1. The van der Waals surface area contributed by atoms with Gasteiger partial charge in [0.05, 0.1) is 0 Å². The minimum atomic E-state index is -0.302. The summed E-state index contributed by atoms with van der Waals surface area (Å²) >= 11 is 0. The monoisotopic (exact) mass is 310 g/mol. The zero-order valence-corrected chi connectivity index (χ0v) is 12.4. The van der Waals surface area contributed by atoms with Crippen LogP contribution in [-0.4, -0.2) is 26.8 Å². The maximum atomic E-state index is 13.1. The molecule has 0 aliphatic heterocycles. The molecule has 0 unspecified atom stereocenters. The van der Waals surface area contributed by atoms with Crippen molar-refractivity contribution in [2.24, 2.45) is 5.92 Å². The second kappa shape index (κ2) is 5.46. The molecule has 2 aromatic heterocycles. The molecule has 0 atom stereocenters. The van der Waals surface area contributed by atoms with Gasteiger partial charge >= 0.3 is 0 Å². The summed E-state index contributed by atoms with van der Waals surface area (Å²) < 4.78 is 14.8. The first kappa shape index (κ1) is 13.9. The lowest BCUT2D eigenvalue weighted by Crippen LogP contribution is -2.25. The van der Waals surface area contributed by atoms with Crippen LogP contribution in [0.3, 0.4) is 0 Å². The summed E-state index contributed by atoms with van der Waals surface area (Å²) in [4.78, 5) is 20.9. The van der Waals surface area contributed by atoms with Gasteiger partial charge in [0.1, 0.15) is 17.2 Å². The fraction of sp³-hybridized carbons (Fsp3) is 0.235. The van der Waals surface area contributed by atoms with Gasteiger partial charge in [-0.05, 0) is 43.0 Å². The smallest absolute Gasteiger partial charge is 0.271 e. The lowest BCUT2D eigenvalue weighted by molar-refractivity contribution is 0.0947. The molecule has 1 fully saturated rings. The van der Waals surface area contributed by atoms with E-state index in [0.717, 1.165) is 5.56 Å². The van der Waals surface area contributed by atoms with Crippen LogP contribution < -0.4 is 5.32 Å². The zero-order valence-electron chi connectivity index (χ0n) is 12.4. The van der Waals surface area contributed by atoms with Crippen LogP contribution in [-0.2, 0) is 0 Å². The molecular weight excluding hydrogens is 295 g/mol. The van der Waals surface area contributed by atoms with Gasteiger partial charge in [-0.25, -0.2) is 9.37 Å². The molecule has 1 saturated carbocycles. The first-order valence-electron chi connectivity index (χ1n) is 7.58. The Morgan fingerprint density at radius 2 is 2.09 bits per heavy atom. The maximum Gasteiger partial charge on any atom is 0.271 e. The highest BCUT2D eigenvalue weighted by atomic mass is 19.1. The average molecular weight is 310 g/mol. The molecule has 0 bridgehead atoms. The van der Waals surface area contributed by atoms with Crippen molar-refractivity contribution >= 4 is 11.6 Å². The second-order valence-corrected chi connectivity index (χ2v) is 5.79. The van der Waals surface area contributed by atoms with Crippen LogP contribution in [0.15, 0.2) is 42.9 Å². The van der Waals surface area contributed by atoms with Gasteiger partial charge in [0.15, 0.2) is 5.65 Å². The molecule has 1 N–H and O–H groups in total. The Hall–Kier alpha value is -2.76. The fourth-order valence-corrected chi connectivity index (χ4v) is 2.49. The van der Waals surface area contributed by atoms with Gasteiger partial charge in [0, 0.05) is 30.7 Å². The summed E-state index contributed by atoms with van der Waals surface area (Å²) in [5.41, 5.74) is 2.32. The highest BCUT2D eigenvalue weighted by Crippen LogP contribution is 2.27. The van der Waals surface area contributed by atoms with E-state index >= 15 is 0 Å². The minimum Gasteiger partial charge on any atom is -0.350 e. The van der Waals surface area contributed by atoms with Gasteiger partial charge in [-0.1, -0.05) is 0 Å². The van der Waals surface area contributed by atoms with E-state index in [1.807, 2.05) is 0 Å². The number of hydrogen-bond acceptors (Lipinski definition) is 3. The van der Waals surface area contributed by atoms with Gasteiger partial charge in [0.2, 0.25) is 0 Å². The standard InChI is InChI=1S/C17H15FN4O/c18-13-5-3-12(4-6-13)15-16-21-14(10-22(16)8-7-19-15)17(23)20-9-11-1-2-11/h3-8,10-11H,1-2,9H2,(H,20,23). The fourth-order valence-electron chi connectivity index (χ4n) is 2.49. The summed E-state index contributed by atoms with van der Waals surface area (Å²) in [5, 5.41) is 2.90. The summed E-state index contributed by atoms with van der Waals surface area (Å²) in [6.45, 7) is 0.704. The van der Waals surface area contributed by atoms with E-state index in [-0.39, 0.29) is 11.7 Å². The van der Waals surface area contributed by atoms with E-state index in [4.69, 9.17) is 0 Å². The molecule has 5 nitrogen and oxygen atoms in total. The summed E-state index contributed by atoms with van der Waals surface area (Å²) in [6, 6.07) is 6.07. The Morgan fingerprint density at radius 3 is 2.83 bits per heavy atom. The highest BCUT2D eigenvalue weighted by Gasteiger charge is 2.22. The van der Waals surface area contributed by atoms with Crippen molar-refractivity contribution in [1.29, 1.82) is 0 Å². The van der Waals surface area contributed by atoms with Crippen molar-refractivity contribution in [3.8, 4) is 11.3 Å². The molecule has 1 aliphatic carbocycles. The molecule has 2 heterocycles. The zero-order chi connectivity index (χ0) is 15.8. The van der Waals surface area contributed by atoms with Crippen molar-refractivity contribution in [3.63, 3.8) is 0 Å². The molecule has 1 amide bonds. The van der Waals surface area contributed by atoms with Crippen molar-refractivity contribution in [1.82, 2.24) is 19.7 Å². The number of carbonyl (C=O) groups excluding carboxylic acids is 1. The number of carbonyl (C=O) groups is 1. The van der Waals surface area contributed by atoms with Crippen LogP contribution in [0.5, 0.6) is 0 Å². The summed E-state index contributed by atoms with van der Waals surface area (Å²) in [6.07, 6.45) is 7.44. The minimum absolute atomic E-state index is 0.175. The number of rotatable bonds is 4. The normalized spacial score (nSPS) is 14.1. The van der Waals surface area contributed by atoms with Gasteiger partial charge in [-0.15, -0.1) is 0 Å².